The Kier molecular flexibility index (Phi) is 4.44. The van der Waals surface area contributed by atoms with Crippen LogP contribution in [-0.2, 0) is 0 Å². The van der Waals surface area contributed by atoms with Gasteiger partial charge in [0.1, 0.15) is 0 Å². The van der Waals surface area contributed by atoms with Crippen molar-refractivity contribution >= 4 is 0 Å². The van der Waals surface area contributed by atoms with Crippen LogP contribution in [0.25, 0.3) is 5.32 Å². The van der Waals surface area contributed by atoms with Gasteiger partial charge in [-0.25, -0.2) is 4.98 Å². The van der Waals surface area contributed by atoms with E-state index in [1.807, 2.05) is 0 Å². The maximum atomic E-state index is 12.1. The minimum Gasteiger partial charge on any atom is -0.654 e. The van der Waals surface area contributed by atoms with Gasteiger partial charge < -0.3 is 10.3 Å². The molecule has 1 aromatic rings. The average molecular weight is 256 g/mol. The summed E-state index contributed by atoms with van der Waals surface area (Å²) in [6.45, 7) is -1.43. The van der Waals surface area contributed by atoms with Crippen molar-refractivity contribution in [3.05, 3.63) is 24.0 Å². The number of rotatable bonds is 3. The molecule has 0 saturated heterocycles. The van der Waals surface area contributed by atoms with Gasteiger partial charge in [0.25, 0.3) is 0 Å². The molecule has 8 heteroatoms. The number of hydrogen-bond donors (Lipinski definition) is 1. The van der Waals surface area contributed by atoms with Gasteiger partial charge in [0.05, 0.1) is 6.33 Å². The molecule has 2 rings (SSSR count). The Morgan fingerprint density at radius 2 is 1.88 bits per heavy atom. The Morgan fingerprint density at radius 1 is 1.24 bits per heavy atom. The van der Waals surface area contributed by atoms with E-state index in [1.54, 1.807) is 18.7 Å². The number of aromatic amines is 1. The molecule has 98 valence electrons. The molecular weight excluding hydrogens is 245 g/mol. The fourth-order valence-corrected chi connectivity index (χ4v) is 0.806. The molecule has 1 aromatic heterocycles. The van der Waals surface area contributed by atoms with Crippen molar-refractivity contribution in [2.75, 3.05) is 6.54 Å². The molecule has 0 radical (unpaired) electrons. The predicted octanol–water partition coefficient (Wildman–Crippen LogP) is 3.13. The predicted molar refractivity (Wildman–Crippen MR) is 50.8 cm³/mol. The van der Waals surface area contributed by atoms with Crippen molar-refractivity contribution in [2.24, 2.45) is 0 Å². The molecule has 3 nitrogen and oxygen atoms in total. The average Bonchev–Trinajstić information content (AvgIpc) is 2.84. The van der Waals surface area contributed by atoms with Crippen LogP contribution < -0.4 is 0 Å². The van der Waals surface area contributed by atoms with Crippen molar-refractivity contribution in [3.63, 3.8) is 0 Å². The van der Waals surface area contributed by atoms with Crippen LogP contribution in [0, 0.1) is 0 Å². The smallest absolute Gasteiger partial charge is 0.451 e. The Bertz CT molecular complexity index is 288. The van der Waals surface area contributed by atoms with E-state index in [9.17, 15) is 22.0 Å². The van der Waals surface area contributed by atoms with Crippen molar-refractivity contribution in [3.8, 4) is 0 Å². The van der Waals surface area contributed by atoms with Gasteiger partial charge in [0.15, 0.2) is 0 Å². The lowest BCUT2D eigenvalue weighted by molar-refractivity contribution is -0.274. The topological polar surface area (TPSA) is 42.8 Å². The first-order valence-corrected chi connectivity index (χ1v) is 4.87. The molecule has 1 fully saturated rings. The second-order valence-corrected chi connectivity index (χ2v) is 3.53. The zero-order valence-electron chi connectivity index (χ0n) is 8.71. The second kappa shape index (κ2) is 5.44. The Balaban J connectivity index is 0.000000239. The van der Waals surface area contributed by atoms with Gasteiger partial charge in [0, 0.05) is 12.4 Å². The van der Waals surface area contributed by atoms with E-state index < -0.39 is 18.6 Å². The maximum absolute atomic E-state index is 12.1. The molecule has 0 atom stereocenters. The normalized spacial score (nSPS) is 16.3. The highest BCUT2D eigenvalue weighted by Gasteiger charge is 2.54. The minimum atomic E-state index is -5.47. The second-order valence-electron chi connectivity index (χ2n) is 3.53. The zero-order chi connectivity index (χ0) is 12.9. The number of nitrogens with one attached hydrogen (secondary N) is 1. The summed E-state index contributed by atoms with van der Waals surface area (Å²) in [7, 11) is 0. The fourth-order valence-electron chi connectivity index (χ4n) is 0.806. The quantitative estimate of drug-likeness (QED) is 0.829. The van der Waals surface area contributed by atoms with Gasteiger partial charge in [-0.05, 0) is 0 Å². The summed E-state index contributed by atoms with van der Waals surface area (Å²) in [6.07, 6.45) is 0.882. The summed E-state index contributed by atoms with van der Waals surface area (Å²) in [5.74, 6) is -4.66. The SMILES string of the molecule is FC(F)(F)C(F)(F)C[N-]C1CC1.c1c[nH]cn1. The van der Waals surface area contributed by atoms with E-state index in [2.05, 4.69) is 15.3 Å². The Morgan fingerprint density at radius 3 is 2.18 bits per heavy atom. The maximum Gasteiger partial charge on any atom is 0.451 e. The van der Waals surface area contributed by atoms with Crippen LogP contribution in [0.4, 0.5) is 22.0 Å². The highest BCUT2D eigenvalue weighted by molar-refractivity contribution is 5.05. The summed E-state index contributed by atoms with van der Waals surface area (Å²) in [5.41, 5.74) is 0. The van der Waals surface area contributed by atoms with Crippen LogP contribution in [0.3, 0.4) is 0 Å². The van der Waals surface area contributed by atoms with Crippen molar-refractivity contribution in [1.29, 1.82) is 0 Å². The number of H-pyrrole nitrogens is 1. The van der Waals surface area contributed by atoms with Gasteiger partial charge in [-0.3, -0.25) is 0 Å². The third-order valence-electron chi connectivity index (χ3n) is 1.92. The zero-order valence-corrected chi connectivity index (χ0v) is 8.71. The first kappa shape index (κ1) is 13.9. The largest absolute Gasteiger partial charge is 0.654 e. The summed E-state index contributed by atoms with van der Waals surface area (Å²) >= 11 is 0. The molecule has 1 aliphatic carbocycles. The number of aromatic nitrogens is 2. The van der Waals surface area contributed by atoms with Crippen molar-refractivity contribution in [1.82, 2.24) is 9.97 Å². The number of hydrogen-bond acceptors (Lipinski definition) is 1. The third-order valence-corrected chi connectivity index (χ3v) is 1.92. The van der Waals surface area contributed by atoms with E-state index in [4.69, 9.17) is 0 Å². The monoisotopic (exact) mass is 256 g/mol. The summed E-state index contributed by atoms with van der Waals surface area (Å²) in [4.78, 5) is 6.42. The molecule has 0 spiro atoms. The molecule has 0 aliphatic heterocycles. The fraction of sp³-hybridized carbons (Fsp3) is 0.667. The summed E-state index contributed by atoms with van der Waals surface area (Å²) < 4.78 is 58.7. The number of imidazole rings is 1. The van der Waals surface area contributed by atoms with Gasteiger partial charge in [-0.2, -0.15) is 22.0 Å². The van der Waals surface area contributed by atoms with Crippen LogP contribution in [0.1, 0.15) is 12.8 Å². The van der Waals surface area contributed by atoms with E-state index in [0.29, 0.717) is 12.8 Å². The van der Waals surface area contributed by atoms with Gasteiger partial charge in [-0.1, -0.05) is 19.4 Å². The van der Waals surface area contributed by atoms with Crippen molar-refractivity contribution < 1.29 is 22.0 Å². The molecule has 0 unspecified atom stereocenters. The molecule has 1 heterocycles. The first-order valence-electron chi connectivity index (χ1n) is 4.87. The number of alkyl halides is 5. The summed E-state index contributed by atoms with van der Waals surface area (Å²) in [5, 5.41) is 3.20. The molecule has 17 heavy (non-hydrogen) atoms. The third kappa shape index (κ3) is 5.12. The number of halogens is 5. The molecule has 0 bridgehead atoms. The minimum absolute atomic E-state index is 0.266. The molecule has 0 aromatic carbocycles. The number of nitrogens with zero attached hydrogens (tertiary/aromatic N) is 2. The van der Waals surface area contributed by atoms with E-state index in [0.717, 1.165) is 0 Å². The molecule has 0 amide bonds. The van der Waals surface area contributed by atoms with Gasteiger partial charge in [-0.15, -0.1) is 6.04 Å². The first-order chi connectivity index (χ1) is 7.83. The van der Waals surface area contributed by atoms with Crippen LogP contribution in [0.5, 0.6) is 0 Å². The van der Waals surface area contributed by atoms with E-state index >= 15 is 0 Å². The summed E-state index contributed by atoms with van der Waals surface area (Å²) in [6, 6.07) is -0.266. The molecule has 1 N–H and O–H groups in total. The van der Waals surface area contributed by atoms with E-state index in [1.165, 1.54) is 0 Å². The lowest BCUT2D eigenvalue weighted by Gasteiger charge is -2.27. The van der Waals surface area contributed by atoms with Gasteiger partial charge >= 0.3 is 12.1 Å². The highest BCUT2D eigenvalue weighted by atomic mass is 19.4. The highest BCUT2D eigenvalue weighted by Crippen LogP contribution is 2.39. The van der Waals surface area contributed by atoms with Gasteiger partial charge in [0.2, 0.25) is 0 Å². The van der Waals surface area contributed by atoms with E-state index in [-0.39, 0.29) is 6.04 Å². The Hall–Kier alpha value is -1.18. The lowest BCUT2D eigenvalue weighted by Crippen LogP contribution is -2.39. The molecule has 1 aliphatic rings. The standard InChI is InChI=1S/C6H7F5N.C3H4N2/c7-5(8,6(9,10)11)3-12-4-1-2-4;1-2-5-3-4-1/h4H,1-3H2;1-3H,(H,4,5)/q-1;. The Labute approximate surface area is 94.4 Å². The lowest BCUT2D eigenvalue weighted by atomic mass is 10.3. The van der Waals surface area contributed by atoms with Crippen LogP contribution in [-0.4, -0.2) is 34.7 Å². The van der Waals surface area contributed by atoms with Crippen LogP contribution in [0.15, 0.2) is 18.7 Å². The van der Waals surface area contributed by atoms with Crippen molar-refractivity contribution in [2.45, 2.75) is 31.0 Å². The van der Waals surface area contributed by atoms with Crippen LogP contribution in [0.2, 0.25) is 0 Å². The molecule has 1 saturated carbocycles. The van der Waals surface area contributed by atoms with Crippen LogP contribution >= 0.6 is 0 Å². The molecular formula is C9H11F5N3-.